The summed E-state index contributed by atoms with van der Waals surface area (Å²) in [5, 5.41) is 2.28. The number of para-hydroxylation sites is 1. The number of H-pyrrole nitrogens is 1. The zero-order valence-corrected chi connectivity index (χ0v) is 19.0. The van der Waals surface area contributed by atoms with Gasteiger partial charge in [-0.15, -0.1) is 0 Å². The molecule has 4 aromatic rings. The molecule has 0 radical (unpaired) electrons. The zero-order chi connectivity index (χ0) is 22.2. The molecule has 1 aliphatic carbocycles. The second-order valence-electron chi connectivity index (χ2n) is 9.67. The highest BCUT2D eigenvalue weighted by Gasteiger charge is 2.29. The fourth-order valence-corrected chi connectivity index (χ4v) is 6.09. The zero-order valence-electron chi connectivity index (χ0n) is 19.0. The Morgan fingerprint density at radius 3 is 2.70 bits per heavy atom. The Hall–Kier alpha value is -2.92. The number of nitrogens with zero attached hydrogens (tertiary/aromatic N) is 3. The van der Waals surface area contributed by atoms with Gasteiger partial charge in [0, 0.05) is 60.9 Å². The first kappa shape index (κ1) is 20.7. The number of hydrogen-bond acceptors (Lipinski definition) is 3. The number of rotatable bonds is 3. The van der Waals surface area contributed by atoms with E-state index in [2.05, 4.69) is 50.2 Å². The number of aromatic nitrogens is 2. The maximum absolute atomic E-state index is 13.8. The Morgan fingerprint density at radius 1 is 0.909 bits per heavy atom. The van der Waals surface area contributed by atoms with E-state index in [1.807, 2.05) is 18.3 Å². The standard InChI is InChI=1S/C28H31FN4/c29-22-9-12-26-24(18-22)25(19-31-26)20-7-10-23(11-8-20)32-14-3-15-33(17-16-32)27-6-1-4-21-5-2-13-30-28(21)27/h1-2,4-6,9,12-13,18-20,23,31H,3,7-8,10-11,14-17H2. The first-order chi connectivity index (χ1) is 16.3. The van der Waals surface area contributed by atoms with Crippen LogP contribution in [0, 0.1) is 5.82 Å². The van der Waals surface area contributed by atoms with Crippen molar-refractivity contribution in [3.05, 3.63) is 72.3 Å². The number of anilines is 1. The van der Waals surface area contributed by atoms with E-state index in [0.717, 1.165) is 36.1 Å². The monoisotopic (exact) mass is 442 g/mol. The Balaban J connectivity index is 1.12. The minimum Gasteiger partial charge on any atom is -0.368 e. The molecule has 170 valence electrons. The summed E-state index contributed by atoms with van der Waals surface area (Å²) in [5.74, 6) is 0.384. The molecular weight excluding hydrogens is 411 g/mol. The number of hydrogen-bond donors (Lipinski definition) is 1. The number of aromatic amines is 1. The SMILES string of the molecule is Fc1ccc2[nH]cc(C3CCC(N4CCCN(c5cccc6cccnc56)CC4)CC3)c2c1. The molecule has 0 unspecified atom stereocenters. The number of pyridine rings is 1. The smallest absolute Gasteiger partial charge is 0.123 e. The van der Waals surface area contributed by atoms with Gasteiger partial charge in [0.05, 0.1) is 11.2 Å². The summed E-state index contributed by atoms with van der Waals surface area (Å²) < 4.78 is 13.8. The van der Waals surface area contributed by atoms with Crippen molar-refractivity contribution in [2.24, 2.45) is 0 Å². The lowest BCUT2D eigenvalue weighted by atomic mass is 9.81. The van der Waals surface area contributed by atoms with E-state index in [4.69, 9.17) is 0 Å². The van der Waals surface area contributed by atoms with Crippen LogP contribution in [0.2, 0.25) is 0 Å². The van der Waals surface area contributed by atoms with Gasteiger partial charge >= 0.3 is 0 Å². The third kappa shape index (κ3) is 3.99. The molecule has 2 fully saturated rings. The van der Waals surface area contributed by atoms with Crippen molar-refractivity contribution in [3.63, 3.8) is 0 Å². The molecule has 6 rings (SSSR count). The molecule has 5 heteroatoms. The Bertz CT molecular complexity index is 1250. The molecule has 1 saturated heterocycles. The van der Waals surface area contributed by atoms with Crippen LogP contribution in [-0.4, -0.2) is 47.1 Å². The molecule has 0 atom stereocenters. The Labute approximate surface area is 194 Å². The van der Waals surface area contributed by atoms with Gasteiger partial charge in [0.25, 0.3) is 0 Å². The summed E-state index contributed by atoms with van der Waals surface area (Å²) in [5.41, 5.74) is 4.73. The van der Waals surface area contributed by atoms with Gasteiger partial charge in [0.15, 0.2) is 0 Å². The fraction of sp³-hybridized carbons (Fsp3) is 0.393. The van der Waals surface area contributed by atoms with E-state index >= 15 is 0 Å². The number of halogens is 1. The molecular formula is C28H31FN4. The van der Waals surface area contributed by atoms with Crippen molar-refractivity contribution in [3.8, 4) is 0 Å². The molecule has 1 saturated carbocycles. The molecule has 0 amide bonds. The summed E-state index contributed by atoms with van der Waals surface area (Å²) in [6.45, 7) is 4.42. The highest BCUT2D eigenvalue weighted by molar-refractivity contribution is 5.90. The molecule has 0 spiro atoms. The molecule has 4 nitrogen and oxygen atoms in total. The number of benzene rings is 2. The van der Waals surface area contributed by atoms with E-state index in [9.17, 15) is 4.39 Å². The van der Waals surface area contributed by atoms with Gasteiger partial charge in [-0.2, -0.15) is 0 Å². The maximum Gasteiger partial charge on any atom is 0.123 e. The van der Waals surface area contributed by atoms with Crippen molar-refractivity contribution in [2.75, 3.05) is 31.1 Å². The second-order valence-corrected chi connectivity index (χ2v) is 9.67. The molecule has 1 aliphatic heterocycles. The summed E-state index contributed by atoms with van der Waals surface area (Å²) in [6.07, 6.45) is 10.0. The molecule has 0 bridgehead atoms. The van der Waals surface area contributed by atoms with Crippen molar-refractivity contribution < 1.29 is 4.39 Å². The topological polar surface area (TPSA) is 35.2 Å². The minimum atomic E-state index is -0.146. The van der Waals surface area contributed by atoms with E-state index in [-0.39, 0.29) is 5.82 Å². The summed E-state index contributed by atoms with van der Waals surface area (Å²) in [7, 11) is 0. The number of fused-ring (bicyclic) bond motifs is 2. The highest BCUT2D eigenvalue weighted by atomic mass is 19.1. The van der Waals surface area contributed by atoms with Crippen LogP contribution in [-0.2, 0) is 0 Å². The summed E-state index contributed by atoms with van der Waals surface area (Å²) in [6, 6.07) is 16.4. The lowest BCUT2D eigenvalue weighted by molar-refractivity contribution is 0.159. The first-order valence-corrected chi connectivity index (χ1v) is 12.4. The lowest BCUT2D eigenvalue weighted by Gasteiger charge is -2.36. The van der Waals surface area contributed by atoms with Crippen LogP contribution < -0.4 is 4.90 Å². The summed E-state index contributed by atoms with van der Waals surface area (Å²) >= 11 is 0. The van der Waals surface area contributed by atoms with Crippen LogP contribution >= 0.6 is 0 Å². The van der Waals surface area contributed by atoms with Gasteiger partial charge in [-0.3, -0.25) is 9.88 Å². The third-order valence-electron chi connectivity index (χ3n) is 7.81. The minimum absolute atomic E-state index is 0.146. The highest BCUT2D eigenvalue weighted by Crippen LogP contribution is 2.38. The third-order valence-corrected chi connectivity index (χ3v) is 7.81. The van der Waals surface area contributed by atoms with E-state index in [1.165, 1.54) is 61.4 Å². The van der Waals surface area contributed by atoms with Gasteiger partial charge in [0.2, 0.25) is 0 Å². The van der Waals surface area contributed by atoms with Crippen molar-refractivity contribution in [2.45, 2.75) is 44.1 Å². The van der Waals surface area contributed by atoms with Crippen LogP contribution in [0.4, 0.5) is 10.1 Å². The second kappa shape index (κ2) is 8.79. The van der Waals surface area contributed by atoms with Crippen LogP contribution in [0.25, 0.3) is 21.8 Å². The van der Waals surface area contributed by atoms with Crippen LogP contribution in [0.3, 0.4) is 0 Å². The van der Waals surface area contributed by atoms with Crippen molar-refractivity contribution in [1.82, 2.24) is 14.9 Å². The quantitative estimate of drug-likeness (QED) is 0.417. The number of nitrogens with one attached hydrogen (secondary N) is 1. The predicted octanol–water partition coefficient (Wildman–Crippen LogP) is 6.09. The molecule has 2 aliphatic rings. The lowest BCUT2D eigenvalue weighted by Crippen LogP contribution is -2.40. The van der Waals surface area contributed by atoms with Crippen LogP contribution in [0.5, 0.6) is 0 Å². The van der Waals surface area contributed by atoms with Gasteiger partial charge < -0.3 is 9.88 Å². The van der Waals surface area contributed by atoms with Gasteiger partial charge in [0.1, 0.15) is 5.82 Å². The van der Waals surface area contributed by atoms with E-state index in [0.29, 0.717) is 12.0 Å². The molecule has 2 aromatic carbocycles. The van der Waals surface area contributed by atoms with E-state index < -0.39 is 0 Å². The average Bonchev–Trinajstić information content (AvgIpc) is 3.11. The summed E-state index contributed by atoms with van der Waals surface area (Å²) in [4.78, 5) is 13.3. The predicted molar refractivity (Wildman–Crippen MR) is 133 cm³/mol. The normalized spacial score (nSPS) is 22.6. The Morgan fingerprint density at radius 2 is 1.79 bits per heavy atom. The van der Waals surface area contributed by atoms with Gasteiger partial charge in [-0.1, -0.05) is 18.2 Å². The van der Waals surface area contributed by atoms with Crippen molar-refractivity contribution in [1.29, 1.82) is 0 Å². The van der Waals surface area contributed by atoms with Crippen molar-refractivity contribution >= 4 is 27.5 Å². The Kier molecular flexibility index (Phi) is 5.50. The van der Waals surface area contributed by atoms with Gasteiger partial charge in [-0.05, 0) is 73.9 Å². The molecule has 3 heterocycles. The van der Waals surface area contributed by atoms with Crippen LogP contribution in [0.1, 0.15) is 43.6 Å². The average molecular weight is 443 g/mol. The fourth-order valence-electron chi connectivity index (χ4n) is 6.09. The van der Waals surface area contributed by atoms with Gasteiger partial charge in [-0.25, -0.2) is 4.39 Å². The van der Waals surface area contributed by atoms with Crippen LogP contribution in [0.15, 0.2) is 60.9 Å². The molecule has 33 heavy (non-hydrogen) atoms. The largest absolute Gasteiger partial charge is 0.368 e. The maximum atomic E-state index is 13.8. The molecule has 1 N–H and O–H groups in total. The van der Waals surface area contributed by atoms with E-state index in [1.54, 1.807) is 6.07 Å². The molecule has 2 aromatic heterocycles. The first-order valence-electron chi connectivity index (χ1n) is 12.4.